The minimum Gasteiger partial charge on any atom is -0.291 e. The standard InChI is InChI=1S/C13H6Cl2N2O3S/c14-8-2-1-3-9(15)12(8)7(6-16)13(18)10-4-5-11(21-10)17(19)20/h1-5,7H. The lowest BCUT2D eigenvalue weighted by atomic mass is 9.95. The topological polar surface area (TPSA) is 84.0 Å². The number of nitriles is 1. The summed E-state index contributed by atoms with van der Waals surface area (Å²) in [5, 5.41) is 20.1. The summed E-state index contributed by atoms with van der Waals surface area (Å²) >= 11 is 12.7. The molecule has 1 aromatic carbocycles. The number of hydrogen-bond donors (Lipinski definition) is 0. The Morgan fingerprint density at radius 2 is 1.90 bits per heavy atom. The van der Waals surface area contributed by atoms with E-state index < -0.39 is 16.6 Å². The highest BCUT2D eigenvalue weighted by Gasteiger charge is 2.28. The first kappa shape index (κ1) is 15.4. The molecule has 0 saturated heterocycles. The van der Waals surface area contributed by atoms with Crippen molar-refractivity contribution in [1.29, 1.82) is 5.26 Å². The number of ketones is 1. The summed E-state index contributed by atoms with van der Waals surface area (Å²) < 4.78 is 0. The quantitative estimate of drug-likeness (QED) is 0.467. The van der Waals surface area contributed by atoms with Crippen molar-refractivity contribution in [2.75, 3.05) is 0 Å². The third-order valence-corrected chi connectivity index (χ3v) is 4.40. The molecule has 0 N–H and O–H groups in total. The number of thiophene rings is 1. The van der Waals surface area contributed by atoms with E-state index in [1.165, 1.54) is 24.3 Å². The van der Waals surface area contributed by atoms with Crippen molar-refractivity contribution < 1.29 is 9.72 Å². The van der Waals surface area contributed by atoms with Crippen LogP contribution < -0.4 is 0 Å². The van der Waals surface area contributed by atoms with Crippen LogP contribution in [0, 0.1) is 21.4 Å². The molecule has 0 bridgehead atoms. The molecule has 8 heteroatoms. The first-order valence-electron chi connectivity index (χ1n) is 5.57. The van der Waals surface area contributed by atoms with Gasteiger partial charge in [0, 0.05) is 21.7 Å². The maximum atomic E-state index is 12.4. The Kier molecular flexibility index (Phi) is 4.58. The fourth-order valence-electron chi connectivity index (χ4n) is 1.74. The Hall–Kier alpha value is -1.94. The zero-order valence-corrected chi connectivity index (χ0v) is 12.6. The van der Waals surface area contributed by atoms with Crippen LogP contribution in [0.5, 0.6) is 0 Å². The second kappa shape index (κ2) is 6.22. The summed E-state index contributed by atoms with van der Waals surface area (Å²) in [7, 11) is 0. The third-order valence-electron chi connectivity index (χ3n) is 2.69. The predicted octanol–water partition coefficient (Wildman–Crippen LogP) is 4.45. The third kappa shape index (κ3) is 3.05. The minimum absolute atomic E-state index is 0.115. The molecule has 1 unspecified atom stereocenters. The van der Waals surface area contributed by atoms with Gasteiger partial charge in [-0.25, -0.2) is 0 Å². The van der Waals surface area contributed by atoms with Gasteiger partial charge in [-0.1, -0.05) is 40.6 Å². The van der Waals surface area contributed by atoms with Crippen LogP contribution in [0.4, 0.5) is 5.00 Å². The lowest BCUT2D eigenvalue weighted by molar-refractivity contribution is -0.380. The Bertz CT molecular complexity index is 747. The number of carbonyl (C=O) groups excluding carboxylic acids is 1. The zero-order valence-electron chi connectivity index (χ0n) is 10.2. The largest absolute Gasteiger partial charge is 0.324 e. The molecule has 1 aromatic heterocycles. The number of rotatable bonds is 4. The monoisotopic (exact) mass is 340 g/mol. The van der Waals surface area contributed by atoms with Crippen LogP contribution in [0.2, 0.25) is 10.0 Å². The molecule has 0 fully saturated rings. The first-order chi connectivity index (χ1) is 9.95. The molecular weight excluding hydrogens is 335 g/mol. The van der Waals surface area contributed by atoms with Gasteiger partial charge in [-0.05, 0) is 18.2 Å². The average Bonchev–Trinajstić information content (AvgIpc) is 2.92. The summed E-state index contributed by atoms with van der Waals surface area (Å²) in [6, 6.07) is 9.05. The van der Waals surface area contributed by atoms with Crippen LogP contribution in [0.25, 0.3) is 0 Å². The maximum Gasteiger partial charge on any atom is 0.324 e. The van der Waals surface area contributed by atoms with Gasteiger partial charge >= 0.3 is 5.00 Å². The molecule has 0 aliphatic carbocycles. The highest BCUT2D eigenvalue weighted by molar-refractivity contribution is 7.17. The molecule has 0 aliphatic rings. The van der Waals surface area contributed by atoms with E-state index in [0.29, 0.717) is 11.3 Å². The van der Waals surface area contributed by atoms with Crippen LogP contribution in [-0.4, -0.2) is 10.7 Å². The van der Waals surface area contributed by atoms with E-state index in [1.54, 1.807) is 6.07 Å². The fraction of sp³-hybridized carbons (Fsp3) is 0.0769. The average molecular weight is 341 g/mol. The predicted molar refractivity (Wildman–Crippen MR) is 80.1 cm³/mol. The number of Topliss-reactive ketones (excluding diaryl/α,β-unsaturated/α-hetero) is 1. The maximum absolute atomic E-state index is 12.4. The molecule has 0 radical (unpaired) electrons. The molecule has 0 saturated carbocycles. The number of nitro groups is 1. The van der Waals surface area contributed by atoms with Gasteiger partial charge in [-0.2, -0.15) is 5.26 Å². The van der Waals surface area contributed by atoms with E-state index in [0.717, 1.165) is 0 Å². The summed E-state index contributed by atoms with van der Waals surface area (Å²) in [5.41, 5.74) is 0.212. The smallest absolute Gasteiger partial charge is 0.291 e. The second-order valence-electron chi connectivity index (χ2n) is 3.96. The van der Waals surface area contributed by atoms with Gasteiger partial charge in [0.15, 0.2) is 5.78 Å². The van der Waals surface area contributed by atoms with E-state index in [2.05, 4.69) is 0 Å². The van der Waals surface area contributed by atoms with Crippen LogP contribution in [-0.2, 0) is 0 Å². The van der Waals surface area contributed by atoms with Gasteiger partial charge in [-0.3, -0.25) is 14.9 Å². The molecule has 1 heterocycles. The lowest BCUT2D eigenvalue weighted by Gasteiger charge is -2.11. The van der Waals surface area contributed by atoms with Gasteiger partial charge < -0.3 is 0 Å². The summed E-state index contributed by atoms with van der Waals surface area (Å²) in [6.07, 6.45) is 0. The number of benzene rings is 1. The molecule has 2 aromatic rings. The number of halogens is 2. The second-order valence-corrected chi connectivity index (χ2v) is 5.83. The Morgan fingerprint density at radius 1 is 1.29 bits per heavy atom. The van der Waals surface area contributed by atoms with Gasteiger partial charge in [0.1, 0.15) is 5.92 Å². The minimum atomic E-state index is -1.20. The highest BCUT2D eigenvalue weighted by atomic mass is 35.5. The van der Waals surface area contributed by atoms with Crippen molar-refractivity contribution >= 4 is 45.3 Å². The highest BCUT2D eigenvalue weighted by Crippen LogP contribution is 2.35. The van der Waals surface area contributed by atoms with E-state index in [1.807, 2.05) is 6.07 Å². The van der Waals surface area contributed by atoms with Crippen molar-refractivity contribution in [2.24, 2.45) is 0 Å². The molecule has 0 amide bonds. The fourth-order valence-corrected chi connectivity index (χ4v) is 3.15. The van der Waals surface area contributed by atoms with Crippen molar-refractivity contribution in [1.82, 2.24) is 0 Å². The molecule has 2 rings (SSSR count). The summed E-state index contributed by atoms with van der Waals surface area (Å²) in [5.74, 6) is -1.77. The van der Waals surface area contributed by atoms with Gasteiger partial charge in [0.2, 0.25) is 0 Å². The SMILES string of the molecule is N#CC(C(=O)c1ccc([N+](=O)[O-])s1)c1c(Cl)cccc1Cl. The number of nitrogens with zero attached hydrogens (tertiary/aromatic N) is 2. The Balaban J connectivity index is 2.44. The Labute approximate surface area is 133 Å². The van der Waals surface area contributed by atoms with E-state index >= 15 is 0 Å². The molecule has 1 atom stereocenters. The van der Waals surface area contributed by atoms with E-state index in [-0.39, 0.29) is 25.5 Å². The molecule has 0 spiro atoms. The van der Waals surface area contributed by atoms with Crippen LogP contribution in [0.15, 0.2) is 30.3 Å². The van der Waals surface area contributed by atoms with Crippen molar-refractivity contribution in [3.8, 4) is 6.07 Å². The summed E-state index contributed by atoms with van der Waals surface area (Å²) in [4.78, 5) is 22.5. The molecule has 0 aliphatic heterocycles. The lowest BCUT2D eigenvalue weighted by Crippen LogP contribution is -2.11. The first-order valence-corrected chi connectivity index (χ1v) is 7.15. The van der Waals surface area contributed by atoms with Crippen LogP contribution in [0.1, 0.15) is 21.2 Å². The zero-order chi connectivity index (χ0) is 15.6. The molecule has 21 heavy (non-hydrogen) atoms. The van der Waals surface area contributed by atoms with Gasteiger partial charge in [0.25, 0.3) is 0 Å². The number of carbonyl (C=O) groups is 1. The van der Waals surface area contributed by atoms with Gasteiger partial charge in [0.05, 0.1) is 15.9 Å². The molecular formula is C13H6Cl2N2O3S. The van der Waals surface area contributed by atoms with Crippen LogP contribution in [0.3, 0.4) is 0 Å². The van der Waals surface area contributed by atoms with Crippen LogP contribution >= 0.6 is 34.5 Å². The van der Waals surface area contributed by atoms with Crippen molar-refractivity contribution in [2.45, 2.75) is 5.92 Å². The van der Waals surface area contributed by atoms with Gasteiger partial charge in [-0.15, -0.1) is 0 Å². The van der Waals surface area contributed by atoms with Crippen molar-refractivity contribution in [3.05, 3.63) is 60.9 Å². The normalized spacial score (nSPS) is 11.7. The van der Waals surface area contributed by atoms with E-state index in [9.17, 15) is 20.2 Å². The Morgan fingerprint density at radius 3 is 2.38 bits per heavy atom. The molecule has 5 nitrogen and oxygen atoms in total. The summed E-state index contributed by atoms with van der Waals surface area (Å²) in [6.45, 7) is 0. The number of hydrogen-bond acceptors (Lipinski definition) is 5. The van der Waals surface area contributed by atoms with Crippen molar-refractivity contribution in [3.63, 3.8) is 0 Å². The van der Waals surface area contributed by atoms with E-state index in [4.69, 9.17) is 23.2 Å². The molecule has 106 valence electrons.